The molecule has 0 spiro atoms. The number of β-amino-alcohol motifs (C(OH)–C–C–N with tert-alkyl or cyclic N) is 1. The Morgan fingerprint density at radius 3 is 2.62 bits per heavy atom. The molecule has 1 fully saturated rings. The van der Waals surface area contributed by atoms with Crippen LogP contribution in [0.3, 0.4) is 0 Å². The molecule has 0 amide bonds. The lowest BCUT2D eigenvalue weighted by molar-refractivity contribution is 0.0723. The van der Waals surface area contributed by atoms with Crippen molar-refractivity contribution in [1.82, 2.24) is 24.6 Å². The fourth-order valence-electron chi connectivity index (χ4n) is 4.52. The van der Waals surface area contributed by atoms with Gasteiger partial charge >= 0.3 is 0 Å². The first-order valence-corrected chi connectivity index (χ1v) is 10.6. The molecule has 1 aliphatic rings. The average molecular weight is 475 g/mol. The number of ether oxygens (including phenoxy) is 1. The quantitative estimate of drug-likeness (QED) is 0.534. The summed E-state index contributed by atoms with van der Waals surface area (Å²) >= 11 is 0. The molecule has 3 N–H and O–H groups in total. The first-order chi connectivity index (χ1) is 16.2. The molecule has 0 aliphatic carbocycles. The van der Waals surface area contributed by atoms with E-state index in [1.165, 1.54) is 17.9 Å². The number of alkyl halides is 2. The third-order valence-corrected chi connectivity index (χ3v) is 6.06. The smallest absolute Gasteiger partial charge is 0.282 e. The number of aliphatic hydroxyl groups excluding tert-OH is 1. The van der Waals surface area contributed by atoms with Gasteiger partial charge in [0.2, 0.25) is 0 Å². The van der Waals surface area contributed by atoms with E-state index in [9.17, 15) is 19.1 Å². The Bertz CT molecular complexity index is 1270. The van der Waals surface area contributed by atoms with Gasteiger partial charge in [0.05, 0.1) is 30.2 Å². The standard InChI is InChI=1S/C22H24F3N7O2/c1-10(33)6-31-7-13(8-31)15-17(23)12(5-26)4-14(19(15)34-3)11(2)32-22-16(18(30-32)20(24)25)21(27)28-9-29-22/h4,9-11,13,20,33H,6-8H2,1-3H3,(H2,27,28,29). The number of methoxy groups -OCH3 is 1. The zero-order valence-electron chi connectivity index (χ0n) is 18.8. The Morgan fingerprint density at radius 2 is 2.03 bits per heavy atom. The lowest BCUT2D eigenvalue weighted by Crippen LogP contribution is -2.48. The maximum absolute atomic E-state index is 15.3. The summed E-state index contributed by atoms with van der Waals surface area (Å²) in [6.07, 6.45) is -2.29. The minimum atomic E-state index is -2.92. The van der Waals surface area contributed by atoms with Crippen molar-refractivity contribution in [3.8, 4) is 11.8 Å². The van der Waals surface area contributed by atoms with Gasteiger partial charge in [-0.1, -0.05) is 0 Å². The highest BCUT2D eigenvalue weighted by Crippen LogP contribution is 2.42. The van der Waals surface area contributed by atoms with E-state index in [-0.39, 0.29) is 39.6 Å². The fourth-order valence-corrected chi connectivity index (χ4v) is 4.52. The van der Waals surface area contributed by atoms with Crippen molar-refractivity contribution in [1.29, 1.82) is 5.26 Å². The number of aliphatic hydroxyl groups is 1. The van der Waals surface area contributed by atoms with E-state index in [1.807, 2.05) is 11.0 Å². The summed E-state index contributed by atoms with van der Waals surface area (Å²) < 4.78 is 49.6. The van der Waals surface area contributed by atoms with E-state index < -0.39 is 30.1 Å². The van der Waals surface area contributed by atoms with Crippen LogP contribution in [0.1, 0.15) is 54.6 Å². The van der Waals surface area contributed by atoms with Gasteiger partial charge in [0.1, 0.15) is 35.5 Å². The van der Waals surface area contributed by atoms with Crippen LogP contribution >= 0.6 is 0 Å². The number of hydrogen-bond acceptors (Lipinski definition) is 8. The molecule has 34 heavy (non-hydrogen) atoms. The highest BCUT2D eigenvalue weighted by atomic mass is 19.3. The summed E-state index contributed by atoms with van der Waals surface area (Å²) in [6.45, 7) is 4.73. The number of likely N-dealkylation sites (tertiary alicyclic amines) is 1. The summed E-state index contributed by atoms with van der Waals surface area (Å²) in [5.41, 5.74) is 5.81. The number of fused-ring (bicyclic) bond motifs is 1. The molecule has 0 radical (unpaired) electrons. The maximum Gasteiger partial charge on any atom is 0.282 e. The van der Waals surface area contributed by atoms with Crippen LogP contribution in [0.4, 0.5) is 19.0 Å². The van der Waals surface area contributed by atoms with Gasteiger partial charge in [-0.15, -0.1) is 0 Å². The average Bonchev–Trinajstić information content (AvgIpc) is 3.16. The van der Waals surface area contributed by atoms with Gasteiger partial charge in [0, 0.05) is 36.7 Å². The Hall–Kier alpha value is -3.43. The van der Waals surface area contributed by atoms with E-state index in [0.29, 0.717) is 25.2 Å². The van der Waals surface area contributed by atoms with Gasteiger partial charge in [-0.2, -0.15) is 10.4 Å². The number of anilines is 1. The molecule has 180 valence electrons. The molecule has 2 aromatic heterocycles. The Labute approximate surface area is 193 Å². The Kier molecular flexibility index (Phi) is 6.33. The van der Waals surface area contributed by atoms with Crippen LogP contribution in [0, 0.1) is 17.1 Å². The van der Waals surface area contributed by atoms with E-state index >= 15 is 4.39 Å². The lowest BCUT2D eigenvalue weighted by atomic mass is 9.86. The Balaban J connectivity index is 1.84. The van der Waals surface area contributed by atoms with Crippen molar-refractivity contribution >= 4 is 16.9 Å². The molecule has 12 heteroatoms. The van der Waals surface area contributed by atoms with Gasteiger partial charge < -0.3 is 15.6 Å². The molecule has 1 saturated heterocycles. The van der Waals surface area contributed by atoms with Crippen molar-refractivity contribution < 1.29 is 23.0 Å². The molecule has 0 bridgehead atoms. The first kappa shape index (κ1) is 23.7. The summed E-state index contributed by atoms with van der Waals surface area (Å²) in [7, 11) is 1.39. The number of aromatic nitrogens is 4. The topological polar surface area (TPSA) is 126 Å². The summed E-state index contributed by atoms with van der Waals surface area (Å²) in [5, 5.41) is 23.2. The van der Waals surface area contributed by atoms with Crippen LogP contribution in [-0.4, -0.2) is 62.6 Å². The molecule has 4 rings (SSSR count). The molecular weight excluding hydrogens is 451 g/mol. The minimum Gasteiger partial charge on any atom is -0.496 e. The van der Waals surface area contributed by atoms with Crippen LogP contribution in [0.2, 0.25) is 0 Å². The second kappa shape index (κ2) is 9.08. The summed E-state index contributed by atoms with van der Waals surface area (Å²) in [4.78, 5) is 9.85. The van der Waals surface area contributed by atoms with E-state index in [2.05, 4.69) is 15.1 Å². The maximum atomic E-state index is 15.3. The number of hydrogen-bond donors (Lipinski definition) is 2. The molecule has 3 aromatic rings. The molecule has 2 unspecified atom stereocenters. The second-order valence-corrected chi connectivity index (χ2v) is 8.41. The van der Waals surface area contributed by atoms with Crippen molar-refractivity contribution in [3.05, 3.63) is 40.6 Å². The number of nitrogens with zero attached hydrogens (tertiary/aromatic N) is 6. The number of nitrogens with two attached hydrogens (primary N) is 1. The zero-order valence-corrected chi connectivity index (χ0v) is 18.8. The third-order valence-electron chi connectivity index (χ3n) is 6.06. The molecular formula is C22H24F3N7O2. The molecule has 1 aliphatic heterocycles. The third kappa shape index (κ3) is 3.91. The van der Waals surface area contributed by atoms with E-state index in [1.54, 1.807) is 13.8 Å². The van der Waals surface area contributed by atoms with Gasteiger partial charge in [-0.3, -0.25) is 4.90 Å². The highest BCUT2D eigenvalue weighted by Gasteiger charge is 2.36. The number of rotatable bonds is 7. The van der Waals surface area contributed by atoms with Crippen molar-refractivity contribution in [3.63, 3.8) is 0 Å². The van der Waals surface area contributed by atoms with Crippen LogP contribution in [0.5, 0.6) is 5.75 Å². The Morgan fingerprint density at radius 1 is 1.32 bits per heavy atom. The lowest BCUT2D eigenvalue weighted by Gasteiger charge is -2.41. The predicted molar refractivity (Wildman–Crippen MR) is 117 cm³/mol. The predicted octanol–water partition coefficient (Wildman–Crippen LogP) is 2.75. The van der Waals surface area contributed by atoms with Gasteiger partial charge in [0.15, 0.2) is 5.65 Å². The number of nitriles is 1. The fraction of sp³-hybridized carbons (Fsp3) is 0.455. The van der Waals surface area contributed by atoms with Gasteiger partial charge in [0.25, 0.3) is 6.43 Å². The van der Waals surface area contributed by atoms with Crippen molar-refractivity contribution in [2.75, 3.05) is 32.5 Å². The second-order valence-electron chi connectivity index (χ2n) is 8.41. The highest BCUT2D eigenvalue weighted by molar-refractivity contribution is 5.88. The molecule has 2 atom stereocenters. The number of benzene rings is 1. The van der Waals surface area contributed by atoms with Crippen LogP contribution < -0.4 is 10.5 Å². The molecule has 1 aromatic carbocycles. The zero-order chi connectivity index (χ0) is 24.7. The summed E-state index contributed by atoms with van der Waals surface area (Å²) in [6, 6.07) is 2.46. The molecule has 3 heterocycles. The number of nitrogen functional groups attached to an aromatic ring is 1. The molecule has 9 nitrogen and oxygen atoms in total. The van der Waals surface area contributed by atoms with Gasteiger partial charge in [-0.05, 0) is 19.9 Å². The van der Waals surface area contributed by atoms with Crippen LogP contribution in [0.25, 0.3) is 11.0 Å². The van der Waals surface area contributed by atoms with Crippen molar-refractivity contribution in [2.45, 2.75) is 38.3 Å². The number of halogens is 3. The SMILES string of the molecule is COc1c(C(C)n2nc(C(F)F)c3c(N)ncnc32)cc(C#N)c(F)c1C1CN(CC(C)O)C1. The monoisotopic (exact) mass is 475 g/mol. The van der Waals surface area contributed by atoms with Crippen molar-refractivity contribution in [2.24, 2.45) is 0 Å². The minimum absolute atomic E-state index is 0.0566. The van der Waals surface area contributed by atoms with Crippen LogP contribution in [-0.2, 0) is 0 Å². The normalized spacial score (nSPS) is 16.4. The van der Waals surface area contributed by atoms with Crippen LogP contribution in [0.15, 0.2) is 12.4 Å². The first-order valence-electron chi connectivity index (χ1n) is 10.6. The van der Waals surface area contributed by atoms with E-state index in [0.717, 1.165) is 6.33 Å². The molecule has 0 saturated carbocycles. The summed E-state index contributed by atoms with van der Waals surface area (Å²) in [5.74, 6) is -0.857. The van der Waals surface area contributed by atoms with E-state index in [4.69, 9.17) is 10.5 Å². The largest absolute Gasteiger partial charge is 0.496 e. The van der Waals surface area contributed by atoms with Gasteiger partial charge in [-0.25, -0.2) is 27.8 Å².